The number of ether oxygens (including phenoxy) is 1. The number of aromatic nitrogens is 1. The first kappa shape index (κ1) is 13.1. The fourth-order valence-electron chi connectivity index (χ4n) is 2.06. The van der Waals surface area contributed by atoms with Crippen LogP contribution in [0.4, 0.5) is 5.69 Å². The van der Waals surface area contributed by atoms with E-state index >= 15 is 0 Å². The molecule has 1 aromatic heterocycles. The minimum absolute atomic E-state index is 0.139. The van der Waals surface area contributed by atoms with Gasteiger partial charge in [-0.3, -0.25) is 4.79 Å². The van der Waals surface area contributed by atoms with Gasteiger partial charge >= 0.3 is 0 Å². The van der Waals surface area contributed by atoms with Crippen molar-refractivity contribution in [2.45, 2.75) is 24.9 Å². The van der Waals surface area contributed by atoms with E-state index in [9.17, 15) is 4.79 Å². The van der Waals surface area contributed by atoms with Crippen molar-refractivity contribution in [3.63, 3.8) is 0 Å². The molecule has 0 radical (unpaired) electrons. The van der Waals surface area contributed by atoms with Crippen LogP contribution in [0.25, 0.3) is 11.1 Å². The number of benzene rings is 1. The lowest BCUT2D eigenvalue weighted by Crippen LogP contribution is -2.35. The molecule has 1 unspecified atom stereocenters. The number of nitrogens with zero attached hydrogens (tertiary/aromatic N) is 1. The molecule has 1 heterocycles. The predicted octanol–water partition coefficient (Wildman–Crippen LogP) is 1.62. The van der Waals surface area contributed by atoms with E-state index in [0.29, 0.717) is 11.6 Å². The maximum absolute atomic E-state index is 11.9. The molecule has 6 heteroatoms. The van der Waals surface area contributed by atoms with Gasteiger partial charge in [0.1, 0.15) is 11.6 Å². The Hall–Kier alpha value is -1.92. The van der Waals surface area contributed by atoms with Gasteiger partial charge in [0.15, 0.2) is 11.5 Å². The number of methoxy groups -OCH3 is 1. The van der Waals surface area contributed by atoms with Gasteiger partial charge in [-0.1, -0.05) is 0 Å². The monoisotopic (exact) mass is 275 g/mol. The van der Waals surface area contributed by atoms with Crippen molar-refractivity contribution in [3.8, 4) is 0 Å². The molecule has 3 rings (SSSR count). The largest absolute Gasteiger partial charge is 0.440 e. The van der Waals surface area contributed by atoms with Crippen molar-refractivity contribution in [2.75, 3.05) is 19.0 Å². The number of rotatable bonds is 5. The highest BCUT2D eigenvalue weighted by Gasteiger charge is 2.28. The number of amides is 1. The molecule has 1 fully saturated rings. The maximum Gasteiger partial charge on any atom is 0.254 e. The van der Waals surface area contributed by atoms with E-state index in [1.807, 2.05) is 6.07 Å². The number of fused-ring (bicyclic) bond motifs is 1. The predicted molar refractivity (Wildman–Crippen MR) is 74.5 cm³/mol. The number of hydrogen-bond donors (Lipinski definition) is 2. The second-order valence-corrected chi connectivity index (χ2v) is 4.96. The number of nitrogens with two attached hydrogens (primary N) is 1. The Morgan fingerprint density at radius 3 is 3.05 bits per heavy atom. The van der Waals surface area contributed by atoms with Gasteiger partial charge in [-0.25, -0.2) is 4.98 Å². The molecule has 3 N–H and O–H groups in total. The summed E-state index contributed by atoms with van der Waals surface area (Å²) in [7, 11) is 1.46. The van der Waals surface area contributed by atoms with E-state index < -0.39 is 6.10 Å². The Morgan fingerprint density at radius 2 is 2.40 bits per heavy atom. The Balaban J connectivity index is 1.79. The lowest BCUT2D eigenvalue weighted by atomic mass is 10.2. The van der Waals surface area contributed by atoms with Crippen molar-refractivity contribution in [3.05, 3.63) is 24.1 Å². The summed E-state index contributed by atoms with van der Waals surface area (Å²) in [5.41, 5.74) is 7.62. The fraction of sp³-hybridized carbons (Fsp3) is 0.429. The van der Waals surface area contributed by atoms with Gasteiger partial charge in [-0.05, 0) is 31.0 Å². The van der Waals surface area contributed by atoms with Crippen LogP contribution in [-0.4, -0.2) is 30.6 Å². The second-order valence-electron chi connectivity index (χ2n) is 4.96. The standard InChI is InChI=1S/C14H17N3O3/c1-19-12(7-15)13(18)16-9-4-5-11-10(6-9)17-14(20-11)8-2-3-8/h4-6,8,12H,2-3,7,15H2,1H3,(H,16,18). The first-order chi connectivity index (χ1) is 9.71. The molecule has 0 spiro atoms. The average molecular weight is 275 g/mol. The first-order valence-electron chi connectivity index (χ1n) is 6.65. The summed E-state index contributed by atoms with van der Waals surface area (Å²) in [6.07, 6.45) is 1.63. The summed E-state index contributed by atoms with van der Waals surface area (Å²) < 4.78 is 10.7. The zero-order chi connectivity index (χ0) is 14.1. The molecule has 20 heavy (non-hydrogen) atoms. The van der Waals surface area contributed by atoms with Gasteiger partial charge in [0, 0.05) is 25.3 Å². The third kappa shape index (κ3) is 2.52. The molecule has 0 aliphatic heterocycles. The van der Waals surface area contributed by atoms with Gasteiger partial charge in [0.2, 0.25) is 0 Å². The molecule has 6 nitrogen and oxygen atoms in total. The molecular formula is C14H17N3O3. The van der Waals surface area contributed by atoms with E-state index in [-0.39, 0.29) is 12.5 Å². The third-order valence-electron chi connectivity index (χ3n) is 3.39. The second kappa shape index (κ2) is 5.22. The molecule has 1 amide bonds. The molecule has 1 aromatic carbocycles. The molecule has 1 saturated carbocycles. The number of carbonyl (C=O) groups excluding carboxylic acids is 1. The van der Waals surface area contributed by atoms with Crippen LogP contribution in [0.2, 0.25) is 0 Å². The molecule has 0 saturated heterocycles. The summed E-state index contributed by atoms with van der Waals surface area (Å²) in [5.74, 6) is 0.996. The number of anilines is 1. The Labute approximate surface area is 116 Å². The average Bonchev–Trinajstić information content (AvgIpc) is 3.20. The smallest absolute Gasteiger partial charge is 0.254 e. The zero-order valence-electron chi connectivity index (χ0n) is 11.3. The van der Waals surface area contributed by atoms with E-state index in [2.05, 4.69) is 10.3 Å². The van der Waals surface area contributed by atoms with Crippen LogP contribution in [0.3, 0.4) is 0 Å². The van der Waals surface area contributed by atoms with Crippen molar-refractivity contribution in [1.29, 1.82) is 0 Å². The maximum atomic E-state index is 11.9. The highest BCUT2D eigenvalue weighted by atomic mass is 16.5. The third-order valence-corrected chi connectivity index (χ3v) is 3.39. The van der Waals surface area contributed by atoms with Crippen LogP contribution in [0, 0.1) is 0 Å². The van der Waals surface area contributed by atoms with Crippen molar-refractivity contribution >= 4 is 22.7 Å². The number of carbonyl (C=O) groups is 1. The van der Waals surface area contributed by atoms with E-state index in [1.165, 1.54) is 7.11 Å². The molecular weight excluding hydrogens is 258 g/mol. The van der Waals surface area contributed by atoms with E-state index in [1.54, 1.807) is 12.1 Å². The molecule has 106 valence electrons. The van der Waals surface area contributed by atoms with Crippen LogP contribution >= 0.6 is 0 Å². The van der Waals surface area contributed by atoms with Gasteiger partial charge in [0.05, 0.1) is 0 Å². The molecule has 1 aliphatic rings. The zero-order valence-corrected chi connectivity index (χ0v) is 11.3. The van der Waals surface area contributed by atoms with Crippen LogP contribution in [0.15, 0.2) is 22.6 Å². The Kier molecular flexibility index (Phi) is 3.42. The van der Waals surface area contributed by atoms with Gasteiger partial charge in [0.25, 0.3) is 5.91 Å². The summed E-state index contributed by atoms with van der Waals surface area (Å²) >= 11 is 0. The van der Waals surface area contributed by atoms with Crippen molar-refractivity contribution in [1.82, 2.24) is 4.98 Å². The minimum Gasteiger partial charge on any atom is -0.440 e. The fourth-order valence-corrected chi connectivity index (χ4v) is 2.06. The molecule has 0 bridgehead atoms. The van der Waals surface area contributed by atoms with Gasteiger partial charge in [-0.15, -0.1) is 0 Å². The summed E-state index contributed by atoms with van der Waals surface area (Å²) in [6.45, 7) is 0.139. The quantitative estimate of drug-likeness (QED) is 0.865. The first-order valence-corrected chi connectivity index (χ1v) is 6.65. The lowest BCUT2D eigenvalue weighted by molar-refractivity contribution is -0.125. The highest BCUT2D eigenvalue weighted by molar-refractivity contribution is 5.95. The van der Waals surface area contributed by atoms with Crippen LogP contribution in [-0.2, 0) is 9.53 Å². The molecule has 1 aliphatic carbocycles. The Bertz CT molecular complexity index is 630. The van der Waals surface area contributed by atoms with Gasteiger partial charge in [-0.2, -0.15) is 0 Å². The topological polar surface area (TPSA) is 90.4 Å². The van der Waals surface area contributed by atoms with Crippen molar-refractivity contribution < 1.29 is 13.9 Å². The van der Waals surface area contributed by atoms with Crippen LogP contribution in [0.1, 0.15) is 24.7 Å². The highest BCUT2D eigenvalue weighted by Crippen LogP contribution is 2.40. The van der Waals surface area contributed by atoms with Gasteiger partial charge < -0.3 is 20.2 Å². The molecule has 2 aromatic rings. The number of hydrogen-bond acceptors (Lipinski definition) is 5. The summed E-state index contributed by atoms with van der Waals surface area (Å²) in [5, 5.41) is 2.76. The van der Waals surface area contributed by atoms with Crippen LogP contribution in [0.5, 0.6) is 0 Å². The molecule has 1 atom stereocenters. The summed E-state index contributed by atoms with van der Waals surface area (Å²) in [6, 6.07) is 5.39. The van der Waals surface area contributed by atoms with E-state index in [4.69, 9.17) is 14.9 Å². The number of oxazole rings is 1. The minimum atomic E-state index is -0.648. The normalized spacial score (nSPS) is 16.3. The lowest BCUT2D eigenvalue weighted by Gasteiger charge is -2.12. The van der Waals surface area contributed by atoms with Crippen LogP contribution < -0.4 is 11.1 Å². The summed E-state index contributed by atoms with van der Waals surface area (Å²) in [4.78, 5) is 16.3. The number of nitrogens with one attached hydrogen (secondary N) is 1. The Morgan fingerprint density at radius 1 is 1.60 bits per heavy atom. The SMILES string of the molecule is COC(CN)C(=O)Nc1ccc2oc(C3CC3)nc2c1. The van der Waals surface area contributed by atoms with E-state index in [0.717, 1.165) is 29.8 Å². The van der Waals surface area contributed by atoms with Crippen molar-refractivity contribution in [2.24, 2.45) is 5.73 Å².